The third-order valence-electron chi connectivity index (χ3n) is 1.21. The van der Waals surface area contributed by atoms with Crippen molar-refractivity contribution in [3.8, 4) is 24.7 Å². The lowest BCUT2D eigenvalue weighted by Gasteiger charge is -2.16. The average molecular weight is 269 g/mol. The molecule has 0 heterocycles. The molecule has 0 aliphatic rings. The van der Waals surface area contributed by atoms with Gasteiger partial charge in [0.15, 0.2) is 0 Å². The number of hydrogen-bond donors (Lipinski definition) is 0. The highest BCUT2D eigenvalue weighted by Crippen LogP contribution is 2.48. The topological polar surface area (TPSA) is 27.7 Å². The lowest BCUT2D eigenvalue weighted by atomic mass is 10.4. The summed E-state index contributed by atoms with van der Waals surface area (Å²) in [4.78, 5) is 0. The minimum atomic E-state index is -1.50. The molecule has 84 valence electrons. The van der Waals surface area contributed by atoms with E-state index in [1.54, 1.807) is 0 Å². The largest absolute Gasteiger partial charge is 0.366 e. The maximum Gasteiger partial charge on any atom is 0.225 e. The summed E-state index contributed by atoms with van der Waals surface area (Å²) in [6.07, 6.45) is 9.68. The Labute approximate surface area is 101 Å². The van der Waals surface area contributed by atoms with Gasteiger partial charge in [0.25, 0.3) is 0 Å². The summed E-state index contributed by atoms with van der Waals surface area (Å²) in [5.41, 5.74) is 0. The number of terminal acetylenes is 2. The van der Waals surface area contributed by atoms with E-state index in [9.17, 15) is 0 Å². The third kappa shape index (κ3) is 10.3. The molecule has 0 fully saturated rings. The van der Waals surface area contributed by atoms with Gasteiger partial charge in [0.2, 0.25) is 6.85 Å². The summed E-state index contributed by atoms with van der Waals surface area (Å²) in [5.74, 6) is 4.66. The third-order valence-corrected chi connectivity index (χ3v) is 2.14. The van der Waals surface area contributed by atoms with Crippen LogP contribution in [-0.2, 0) is 14.0 Å². The molecule has 0 spiro atoms. The average Bonchev–Trinajstić information content (AvgIpc) is 2.17. The van der Waals surface area contributed by atoms with Crippen LogP contribution >= 0.6 is 29.3 Å². The second-order valence-corrected chi connectivity index (χ2v) is 5.34. The molecule has 15 heavy (non-hydrogen) atoms. The first-order valence-corrected chi connectivity index (χ1v) is 7.08. The fourth-order valence-electron chi connectivity index (χ4n) is 0.720. The fraction of sp³-hybridized carbons (Fsp3) is 0.556. The second kappa shape index (κ2) is 10.5. The van der Waals surface area contributed by atoms with Crippen LogP contribution in [0.2, 0.25) is 0 Å². The molecule has 0 N–H and O–H groups in total. The van der Waals surface area contributed by atoms with Gasteiger partial charge in [0.1, 0.15) is 19.3 Å². The van der Waals surface area contributed by atoms with Crippen molar-refractivity contribution in [1.82, 2.24) is 0 Å². The van der Waals surface area contributed by atoms with Gasteiger partial charge >= 0.3 is 0 Å². The zero-order valence-electron chi connectivity index (χ0n) is 7.99. The van der Waals surface area contributed by atoms with Crippen LogP contribution in [0.3, 0.4) is 0 Å². The zero-order chi connectivity index (χ0) is 11.5. The Morgan fingerprint density at radius 2 is 1.53 bits per heavy atom. The standard InChI is InChI=1S/C9H11Cl2O3P/c1-3-5-12-7-9(14-15(10)11)8-13-6-4-2/h1-2,9H,5-8H2. The molecule has 0 rings (SSSR count). The molecule has 0 bridgehead atoms. The number of ether oxygens (including phenoxy) is 2. The number of rotatable bonds is 8. The quantitative estimate of drug-likeness (QED) is 0.384. The Morgan fingerprint density at radius 1 is 1.07 bits per heavy atom. The van der Waals surface area contributed by atoms with Gasteiger partial charge in [-0.25, -0.2) is 0 Å². The normalized spacial score (nSPS) is 10.3. The molecule has 0 saturated heterocycles. The molecule has 0 amide bonds. The van der Waals surface area contributed by atoms with Crippen LogP contribution in [-0.4, -0.2) is 32.5 Å². The first kappa shape index (κ1) is 15.0. The van der Waals surface area contributed by atoms with Gasteiger partial charge in [-0.1, -0.05) is 11.8 Å². The summed E-state index contributed by atoms with van der Waals surface area (Å²) in [5, 5.41) is 0. The predicted octanol–water partition coefficient (Wildman–Crippen LogP) is 2.38. The number of hydrogen-bond acceptors (Lipinski definition) is 3. The van der Waals surface area contributed by atoms with E-state index < -0.39 is 6.85 Å². The number of halogens is 2. The van der Waals surface area contributed by atoms with Crippen LogP contribution in [0.5, 0.6) is 0 Å². The predicted molar refractivity (Wildman–Crippen MR) is 62.8 cm³/mol. The first-order chi connectivity index (χ1) is 7.20. The van der Waals surface area contributed by atoms with Crippen molar-refractivity contribution < 1.29 is 14.0 Å². The Hall–Kier alpha value is 0.01000. The van der Waals surface area contributed by atoms with Gasteiger partial charge in [-0.2, -0.15) is 0 Å². The van der Waals surface area contributed by atoms with E-state index in [1.165, 1.54) is 0 Å². The molecule has 0 radical (unpaired) electrons. The van der Waals surface area contributed by atoms with E-state index in [2.05, 4.69) is 11.8 Å². The van der Waals surface area contributed by atoms with Crippen LogP contribution in [0.1, 0.15) is 0 Å². The highest BCUT2D eigenvalue weighted by molar-refractivity contribution is 8.00. The van der Waals surface area contributed by atoms with E-state index in [4.69, 9.17) is 49.3 Å². The summed E-state index contributed by atoms with van der Waals surface area (Å²) in [6.45, 7) is -0.547. The fourth-order valence-corrected chi connectivity index (χ4v) is 1.74. The van der Waals surface area contributed by atoms with Crippen molar-refractivity contribution in [3.63, 3.8) is 0 Å². The lowest BCUT2D eigenvalue weighted by molar-refractivity contribution is 0.0169. The van der Waals surface area contributed by atoms with Crippen LogP contribution in [0.4, 0.5) is 0 Å². The maximum absolute atomic E-state index is 5.51. The molecule has 0 aromatic heterocycles. The van der Waals surface area contributed by atoms with Crippen molar-refractivity contribution >= 4 is 29.3 Å². The molecule has 0 aromatic rings. The molecule has 6 heteroatoms. The molecular weight excluding hydrogens is 258 g/mol. The second-order valence-electron chi connectivity index (χ2n) is 2.37. The van der Waals surface area contributed by atoms with E-state index in [1.807, 2.05) is 0 Å². The molecule has 0 saturated carbocycles. The molecule has 0 atom stereocenters. The summed E-state index contributed by atoms with van der Waals surface area (Å²) < 4.78 is 15.3. The highest BCUT2D eigenvalue weighted by atomic mass is 35.9. The molecular formula is C9H11Cl2O3P. The van der Waals surface area contributed by atoms with Gasteiger partial charge in [-0.15, -0.1) is 12.8 Å². The smallest absolute Gasteiger partial charge is 0.225 e. The van der Waals surface area contributed by atoms with Crippen LogP contribution < -0.4 is 0 Å². The van der Waals surface area contributed by atoms with Crippen LogP contribution in [0.15, 0.2) is 0 Å². The molecule has 0 aliphatic heterocycles. The summed E-state index contributed by atoms with van der Waals surface area (Å²) >= 11 is 11.0. The summed E-state index contributed by atoms with van der Waals surface area (Å²) in [7, 11) is 0. The van der Waals surface area contributed by atoms with Gasteiger partial charge in [-0.3, -0.25) is 0 Å². The minimum Gasteiger partial charge on any atom is -0.366 e. The van der Waals surface area contributed by atoms with Crippen molar-refractivity contribution in [1.29, 1.82) is 0 Å². The zero-order valence-corrected chi connectivity index (χ0v) is 10.4. The van der Waals surface area contributed by atoms with Gasteiger partial charge in [0.05, 0.1) is 13.2 Å². The van der Waals surface area contributed by atoms with Gasteiger partial charge < -0.3 is 14.0 Å². The monoisotopic (exact) mass is 268 g/mol. The Bertz CT molecular complexity index is 214. The Morgan fingerprint density at radius 3 is 1.87 bits per heavy atom. The maximum atomic E-state index is 5.51. The van der Waals surface area contributed by atoms with Crippen molar-refractivity contribution in [2.24, 2.45) is 0 Å². The lowest BCUT2D eigenvalue weighted by Crippen LogP contribution is -2.23. The molecule has 0 aromatic carbocycles. The SMILES string of the molecule is C#CCOCC(COCC#C)OP(Cl)Cl. The Balaban J connectivity index is 3.75. The van der Waals surface area contributed by atoms with Crippen LogP contribution in [0.25, 0.3) is 0 Å². The van der Waals surface area contributed by atoms with Crippen LogP contribution in [0, 0.1) is 24.7 Å². The molecule has 0 aliphatic carbocycles. The van der Waals surface area contributed by atoms with E-state index in [0.29, 0.717) is 0 Å². The van der Waals surface area contributed by atoms with Crippen molar-refractivity contribution in [2.45, 2.75) is 6.10 Å². The summed E-state index contributed by atoms with van der Waals surface area (Å²) in [6, 6.07) is 0. The van der Waals surface area contributed by atoms with E-state index in [0.717, 1.165) is 0 Å². The Kier molecular flexibility index (Phi) is 10.5. The molecule has 3 nitrogen and oxygen atoms in total. The van der Waals surface area contributed by atoms with Crippen molar-refractivity contribution in [2.75, 3.05) is 26.4 Å². The minimum absolute atomic E-state index is 0.206. The van der Waals surface area contributed by atoms with E-state index in [-0.39, 0.29) is 32.5 Å². The van der Waals surface area contributed by atoms with Crippen molar-refractivity contribution in [3.05, 3.63) is 0 Å². The van der Waals surface area contributed by atoms with E-state index >= 15 is 0 Å². The highest BCUT2D eigenvalue weighted by Gasteiger charge is 2.14. The van der Waals surface area contributed by atoms with Gasteiger partial charge in [-0.05, 0) is 22.5 Å². The molecule has 0 unspecified atom stereocenters. The first-order valence-electron chi connectivity index (χ1n) is 4.01. The van der Waals surface area contributed by atoms with Gasteiger partial charge in [0, 0.05) is 0 Å².